The molecular formula is C22H31N5OS. The number of anilines is 1. The fraction of sp³-hybridized carbons (Fsp3) is 0.455. The molecular weight excluding hydrogens is 382 g/mol. The van der Waals surface area contributed by atoms with Crippen molar-refractivity contribution >= 4 is 28.9 Å². The van der Waals surface area contributed by atoms with Gasteiger partial charge in [0.05, 0.1) is 6.54 Å². The van der Waals surface area contributed by atoms with E-state index in [9.17, 15) is 4.79 Å². The number of hydrogen-bond acceptors (Lipinski definition) is 4. The van der Waals surface area contributed by atoms with Gasteiger partial charge in [0, 0.05) is 50.3 Å². The lowest BCUT2D eigenvalue weighted by molar-refractivity contribution is -0.130. The monoisotopic (exact) mass is 413 g/mol. The van der Waals surface area contributed by atoms with Crippen LogP contribution in [0.1, 0.15) is 23.8 Å². The van der Waals surface area contributed by atoms with Crippen molar-refractivity contribution in [2.24, 2.45) is 4.99 Å². The van der Waals surface area contributed by atoms with Crippen molar-refractivity contribution in [1.82, 2.24) is 15.5 Å². The molecule has 1 aliphatic rings. The van der Waals surface area contributed by atoms with Crippen molar-refractivity contribution in [2.75, 3.05) is 44.7 Å². The first kappa shape index (κ1) is 21.2. The van der Waals surface area contributed by atoms with Crippen LogP contribution < -0.4 is 15.5 Å². The number of nitrogens with one attached hydrogen (secondary N) is 2. The Morgan fingerprint density at radius 1 is 1.24 bits per heavy atom. The Morgan fingerprint density at radius 2 is 2.07 bits per heavy atom. The SMILES string of the molecule is CCN(CCCNC(=NC)NCC(=O)N1CCc2sccc2C1)c1ccccc1. The van der Waals surface area contributed by atoms with Crippen LogP contribution in [0, 0.1) is 0 Å². The first-order valence-electron chi connectivity index (χ1n) is 10.3. The molecule has 1 aliphatic heterocycles. The summed E-state index contributed by atoms with van der Waals surface area (Å²) >= 11 is 1.79. The smallest absolute Gasteiger partial charge is 0.242 e. The Kier molecular flexibility index (Phi) is 7.93. The fourth-order valence-corrected chi connectivity index (χ4v) is 4.43. The molecule has 2 N–H and O–H groups in total. The van der Waals surface area contributed by atoms with Crippen LogP contribution in [0.15, 0.2) is 46.8 Å². The van der Waals surface area contributed by atoms with E-state index in [0.717, 1.165) is 45.6 Å². The third-order valence-electron chi connectivity index (χ3n) is 5.19. The Labute approximate surface area is 177 Å². The summed E-state index contributed by atoms with van der Waals surface area (Å²) in [5.41, 5.74) is 2.54. The highest BCUT2D eigenvalue weighted by molar-refractivity contribution is 7.10. The van der Waals surface area contributed by atoms with Gasteiger partial charge in [-0.2, -0.15) is 0 Å². The number of rotatable bonds is 8. The third-order valence-corrected chi connectivity index (χ3v) is 6.21. The predicted octanol–water partition coefficient (Wildman–Crippen LogP) is 2.71. The van der Waals surface area contributed by atoms with E-state index >= 15 is 0 Å². The highest BCUT2D eigenvalue weighted by Crippen LogP contribution is 2.23. The first-order chi connectivity index (χ1) is 14.2. The maximum Gasteiger partial charge on any atom is 0.242 e. The van der Waals surface area contributed by atoms with E-state index in [1.807, 2.05) is 11.0 Å². The number of fused-ring (bicyclic) bond motifs is 1. The van der Waals surface area contributed by atoms with Gasteiger partial charge in [0.2, 0.25) is 5.91 Å². The average molecular weight is 414 g/mol. The molecule has 29 heavy (non-hydrogen) atoms. The van der Waals surface area contributed by atoms with E-state index in [4.69, 9.17) is 0 Å². The van der Waals surface area contributed by atoms with Crippen molar-refractivity contribution in [3.8, 4) is 0 Å². The second kappa shape index (κ2) is 10.9. The molecule has 1 aromatic heterocycles. The number of carbonyl (C=O) groups excluding carboxylic acids is 1. The molecule has 2 aromatic rings. The lowest BCUT2D eigenvalue weighted by Gasteiger charge is -2.27. The average Bonchev–Trinajstić information content (AvgIpc) is 3.24. The summed E-state index contributed by atoms with van der Waals surface area (Å²) in [5.74, 6) is 0.792. The highest BCUT2D eigenvalue weighted by atomic mass is 32.1. The lowest BCUT2D eigenvalue weighted by atomic mass is 10.1. The zero-order chi connectivity index (χ0) is 20.5. The maximum atomic E-state index is 12.5. The van der Waals surface area contributed by atoms with Gasteiger partial charge in [-0.1, -0.05) is 18.2 Å². The zero-order valence-electron chi connectivity index (χ0n) is 17.4. The van der Waals surface area contributed by atoms with E-state index in [0.29, 0.717) is 5.96 Å². The second-order valence-electron chi connectivity index (χ2n) is 7.06. The summed E-state index contributed by atoms with van der Waals surface area (Å²) in [6, 6.07) is 12.6. The normalized spacial score (nSPS) is 13.7. The summed E-state index contributed by atoms with van der Waals surface area (Å²) < 4.78 is 0. The number of para-hydroxylation sites is 1. The van der Waals surface area contributed by atoms with Gasteiger partial charge in [-0.3, -0.25) is 9.79 Å². The minimum Gasteiger partial charge on any atom is -0.372 e. The second-order valence-corrected chi connectivity index (χ2v) is 8.06. The van der Waals surface area contributed by atoms with Crippen molar-refractivity contribution in [1.29, 1.82) is 0 Å². The van der Waals surface area contributed by atoms with Gasteiger partial charge in [-0.05, 0) is 48.9 Å². The molecule has 0 unspecified atom stereocenters. The molecule has 0 radical (unpaired) electrons. The highest BCUT2D eigenvalue weighted by Gasteiger charge is 2.21. The molecule has 0 bridgehead atoms. The topological polar surface area (TPSA) is 60.0 Å². The van der Waals surface area contributed by atoms with Crippen LogP contribution in [0.4, 0.5) is 5.69 Å². The molecule has 0 aliphatic carbocycles. The van der Waals surface area contributed by atoms with Crippen LogP contribution in [0.25, 0.3) is 0 Å². The van der Waals surface area contributed by atoms with Gasteiger partial charge < -0.3 is 20.4 Å². The van der Waals surface area contributed by atoms with Gasteiger partial charge in [0.1, 0.15) is 0 Å². The van der Waals surface area contributed by atoms with E-state index in [2.05, 4.69) is 63.2 Å². The Bertz CT molecular complexity index is 805. The number of benzene rings is 1. The lowest BCUT2D eigenvalue weighted by Crippen LogP contribution is -2.46. The standard InChI is InChI=1S/C22H31N5OS/c1-3-26(19-8-5-4-6-9-19)13-7-12-24-22(23-2)25-16-21(28)27-14-10-20-18(17-27)11-15-29-20/h4-6,8-9,11,15H,3,7,10,12-14,16-17H2,1-2H3,(H2,23,24,25). The summed E-state index contributed by atoms with van der Waals surface area (Å²) in [4.78, 5) is 22.5. The van der Waals surface area contributed by atoms with E-state index < -0.39 is 0 Å². The molecule has 1 amide bonds. The van der Waals surface area contributed by atoms with Crippen molar-refractivity contribution in [3.05, 3.63) is 52.2 Å². The quantitative estimate of drug-likeness (QED) is 0.397. The van der Waals surface area contributed by atoms with Crippen LogP contribution in [-0.4, -0.2) is 56.5 Å². The summed E-state index contributed by atoms with van der Waals surface area (Å²) in [6.45, 7) is 6.72. The van der Waals surface area contributed by atoms with Crippen molar-refractivity contribution in [2.45, 2.75) is 26.3 Å². The van der Waals surface area contributed by atoms with Gasteiger partial charge in [-0.15, -0.1) is 11.3 Å². The molecule has 0 saturated heterocycles. The Hall–Kier alpha value is -2.54. The minimum absolute atomic E-state index is 0.117. The largest absolute Gasteiger partial charge is 0.372 e. The van der Waals surface area contributed by atoms with Gasteiger partial charge in [-0.25, -0.2) is 0 Å². The van der Waals surface area contributed by atoms with Crippen LogP contribution in [0.3, 0.4) is 0 Å². The first-order valence-corrected chi connectivity index (χ1v) is 11.2. The van der Waals surface area contributed by atoms with E-state index in [-0.39, 0.29) is 12.5 Å². The molecule has 0 fully saturated rings. The maximum absolute atomic E-state index is 12.5. The van der Waals surface area contributed by atoms with Gasteiger partial charge in [0.25, 0.3) is 0 Å². The molecule has 3 rings (SSSR count). The van der Waals surface area contributed by atoms with E-state index in [1.165, 1.54) is 16.1 Å². The molecule has 1 aromatic carbocycles. The molecule has 0 saturated carbocycles. The Balaban J connectivity index is 1.37. The molecule has 0 atom stereocenters. The molecule has 0 spiro atoms. The number of guanidine groups is 1. The number of aliphatic imine (C=N–C) groups is 1. The fourth-order valence-electron chi connectivity index (χ4n) is 3.54. The predicted molar refractivity (Wildman–Crippen MR) is 122 cm³/mol. The minimum atomic E-state index is 0.117. The summed E-state index contributed by atoms with van der Waals surface area (Å²) in [6.07, 6.45) is 1.95. The van der Waals surface area contributed by atoms with Gasteiger partial charge in [0.15, 0.2) is 5.96 Å². The number of nitrogens with zero attached hydrogens (tertiary/aromatic N) is 3. The number of thiophene rings is 1. The molecule has 156 valence electrons. The van der Waals surface area contributed by atoms with Crippen LogP contribution in [-0.2, 0) is 17.8 Å². The zero-order valence-corrected chi connectivity index (χ0v) is 18.2. The number of carbonyl (C=O) groups is 1. The summed E-state index contributed by atoms with van der Waals surface area (Å²) in [7, 11) is 1.74. The number of hydrogen-bond donors (Lipinski definition) is 2. The molecule has 6 nitrogen and oxygen atoms in total. The molecule has 7 heteroatoms. The van der Waals surface area contributed by atoms with Crippen molar-refractivity contribution < 1.29 is 4.79 Å². The third kappa shape index (κ3) is 5.97. The van der Waals surface area contributed by atoms with Crippen LogP contribution in [0.2, 0.25) is 0 Å². The van der Waals surface area contributed by atoms with Crippen LogP contribution in [0.5, 0.6) is 0 Å². The Morgan fingerprint density at radius 3 is 2.83 bits per heavy atom. The number of amides is 1. The van der Waals surface area contributed by atoms with Crippen LogP contribution >= 0.6 is 11.3 Å². The van der Waals surface area contributed by atoms with E-state index in [1.54, 1.807) is 18.4 Å². The van der Waals surface area contributed by atoms with Gasteiger partial charge >= 0.3 is 0 Å². The van der Waals surface area contributed by atoms with Crippen molar-refractivity contribution in [3.63, 3.8) is 0 Å². The summed E-state index contributed by atoms with van der Waals surface area (Å²) in [5, 5.41) is 8.58. The molecule has 2 heterocycles.